The molecule has 2 rings (SSSR count). The van der Waals surface area contributed by atoms with Gasteiger partial charge in [0.1, 0.15) is 5.82 Å². The van der Waals surface area contributed by atoms with Gasteiger partial charge in [0.05, 0.1) is 11.5 Å². The molecule has 0 unspecified atom stereocenters. The molecule has 1 N–H and O–H groups in total. The van der Waals surface area contributed by atoms with Gasteiger partial charge in [0.2, 0.25) is 0 Å². The molecule has 0 saturated heterocycles. The van der Waals surface area contributed by atoms with Crippen molar-refractivity contribution in [1.82, 2.24) is 0 Å². The summed E-state index contributed by atoms with van der Waals surface area (Å²) in [6, 6.07) is 6.05. The van der Waals surface area contributed by atoms with E-state index in [0.717, 1.165) is 0 Å². The SMILES string of the molecule is OC1(Cc2ccccc2F)CCC(C(F)(F)F)CC1. The second kappa shape index (κ2) is 5.12. The Labute approximate surface area is 109 Å². The van der Waals surface area contributed by atoms with Gasteiger partial charge in [0, 0.05) is 6.42 Å². The number of hydrogen-bond acceptors (Lipinski definition) is 1. The smallest absolute Gasteiger partial charge is 0.390 e. The average molecular weight is 276 g/mol. The van der Waals surface area contributed by atoms with Crippen molar-refractivity contribution in [1.29, 1.82) is 0 Å². The Bertz CT molecular complexity index is 433. The molecule has 0 atom stereocenters. The predicted octanol–water partition coefficient (Wildman–Crippen LogP) is 3.85. The molecule has 0 aliphatic heterocycles. The summed E-state index contributed by atoms with van der Waals surface area (Å²) in [6.45, 7) is 0. The van der Waals surface area contributed by atoms with Crippen molar-refractivity contribution in [3.8, 4) is 0 Å². The van der Waals surface area contributed by atoms with Crippen LogP contribution in [0.15, 0.2) is 24.3 Å². The Morgan fingerprint density at radius 1 is 1.16 bits per heavy atom. The molecule has 0 bridgehead atoms. The molecule has 1 aliphatic rings. The van der Waals surface area contributed by atoms with Gasteiger partial charge in [0.25, 0.3) is 0 Å². The fourth-order valence-corrected chi connectivity index (χ4v) is 2.66. The van der Waals surface area contributed by atoms with Crippen LogP contribution in [0.25, 0.3) is 0 Å². The van der Waals surface area contributed by atoms with Gasteiger partial charge in [-0.3, -0.25) is 0 Å². The lowest BCUT2D eigenvalue weighted by molar-refractivity contribution is -0.192. The van der Waals surface area contributed by atoms with Crippen LogP contribution in [-0.4, -0.2) is 16.9 Å². The van der Waals surface area contributed by atoms with Gasteiger partial charge < -0.3 is 5.11 Å². The molecule has 1 saturated carbocycles. The van der Waals surface area contributed by atoms with Crippen molar-refractivity contribution in [2.24, 2.45) is 5.92 Å². The lowest BCUT2D eigenvalue weighted by Crippen LogP contribution is -2.40. The van der Waals surface area contributed by atoms with Crippen molar-refractivity contribution >= 4 is 0 Å². The third-order valence-electron chi connectivity index (χ3n) is 3.86. The minimum absolute atomic E-state index is 0.0610. The summed E-state index contributed by atoms with van der Waals surface area (Å²) in [5.74, 6) is -1.76. The highest BCUT2D eigenvalue weighted by Crippen LogP contribution is 2.42. The molecule has 0 amide bonds. The summed E-state index contributed by atoms with van der Waals surface area (Å²) in [7, 11) is 0. The summed E-state index contributed by atoms with van der Waals surface area (Å²) in [4.78, 5) is 0. The molecule has 1 aliphatic carbocycles. The van der Waals surface area contributed by atoms with Crippen molar-refractivity contribution in [2.45, 2.75) is 43.9 Å². The van der Waals surface area contributed by atoms with Gasteiger partial charge in [0.15, 0.2) is 0 Å². The summed E-state index contributed by atoms with van der Waals surface area (Å²) in [5.41, 5.74) is -0.861. The minimum atomic E-state index is -4.20. The quantitative estimate of drug-likeness (QED) is 0.813. The molecule has 0 heterocycles. The number of hydrogen-bond donors (Lipinski definition) is 1. The van der Waals surface area contributed by atoms with E-state index < -0.39 is 23.5 Å². The van der Waals surface area contributed by atoms with Gasteiger partial charge in [-0.2, -0.15) is 13.2 Å². The van der Waals surface area contributed by atoms with Crippen LogP contribution in [0.1, 0.15) is 31.2 Å². The van der Waals surface area contributed by atoms with Crippen molar-refractivity contribution in [3.05, 3.63) is 35.6 Å². The maximum atomic E-state index is 13.5. The maximum Gasteiger partial charge on any atom is 0.391 e. The molecule has 19 heavy (non-hydrogen) atoms. The van der Waals surface area contributed by atoms with Crippen LogP contribution in [-0.2, 0) is 6.42 Å². The van der Waals surface area contributed by atoms with Gasteiger partial charge in [-0.15, -0.1) is 0 Å². The molecule has 0 spiro atoms. The van der Waals surface area contributed by atoms with E-state index >= 15 is 0 Å². The minimum Gasteiger partial charge on any atom is -0.390 e. The first-order chi connectivity index (χ1) is 8.80. The fraction of sp³-hybridized carbons (Fsp3) is 0.571. The summed E-state index contributed by atoms with van der Waals surface area (Å²) < 4.78 is 51.1. The maximum absolute atomic E-state index is 13.5. The molecule has 1 fully saturated rings. The fourth-order valence-electron chi connectivity index (χ4n) is 2.66. The monoisotopic (exact) mass is 276 g/mol. The number of halogens is 4. The van der Waals surface area contributed by atoms with Crippen molar-refractivity contribution in [2.75, 3.05) is 0 Å². The first kappa shape index (κ1) is 14.3. The van der Waals surface area contributed by atoms with E-state index in [4.69, 9.17) is 0 Å². The molecule has 1 aromatic carbocycles. The van der Waals surface area contributed by atoms with Crippen LogP contribution in [0.3, 0.4) is 0 Å². The van der Waals surface area contributed by atoms with Crippen LogP contribution in [0.2, 0.25) is 0 Å². The zero-order chi connectivity index (χ0) is 14.1. The largest absolute Gasteiger partial charge is 0.391 e. The predicted molar refractivity (Wildman–Crippen MR) is 63.1 cm³/mol. The van der Waals surface area contributed by atoms with Gasteiger partial charge in [-0.25, -0.2) is 4.39 Å². The van der Waals surface area contributed by atoms with Gasteiger partial charge in [-0.1, -0.05) is 18.2 Å². The molecule has 1 nitrogen and oxygen atoms in total. The lowest BCUT2D eigenvalue weighted by Gasteiger charge is -2.36. The highest BCUT2D eigenvalue weighted by atomic mass is 19.4. The number of alkyl halides is 3. The molecule has 106 valence electrons. The summed E-state index contributed by atoms with van der Waals surface area (Å²) in [5, 5.41) is 10.3. The Balaban J connectivity index is 2.01. The zero-order valence-electron chi connectivity index (χ0n) is 10.4. The van der Waals surface area contributed by atoms with Crippen LogP contribution in [0, 0.1) is 11.7 Å². The lowest BCUT2D eigenvalue weighted by atomic mass is 9.75. The Kier molecular flexibility index (Phi) is 3.85. The van der Waals surface area contributed by atoms with Gasteiger partial charge >= 0.3 is 6.18 Å². The molecular formula is C14H16F4O. The van der Waals surface area contributed by atoms with E-state index in [2.05, 4.69) is 0 Å². The topological polar surface area (TPSA) is 20.2 Å². The normalized spacial score (nSPS) is 28.4. The Morgan fingerprint density at radius 3 is 2.26 bits per heavy atom. The van der Waals surface area contributed by atoms with Crippen LogP contribution < -0.4 is 0 Å². The first-order valence-corrected chi connectivity index (χ1v) is 6.33. The summed E-state index contributed by atoms with van der Waals surface area (Å²) >= 11 is 0. The number of benzene rings is 1. The standard InChI is InChI=1S/C14H16F4O/c15-12-4-2-1-3-10(12)9-13(19)7-5-11(6-8-13)14(16,17)18/h1-4,11,19H,5-9H2. The van der Waals surface area contributed by atoms with E-state index in [-0.39, 0.29) is 32.1 Å². The zero-order valence-corrected chi connectivity index (χ0v) is 10.4. The van der Waals surface area contributed by atoms with Crippen molar-refractivity contribution < 1.29 is 22.7 Å². The highest BCUT2D eigenvalue weighted by Gasteiger charge is 2.45. The highest BCUT2D eigenvalue weighted by molar-refractivity contribution is 5.19. The summed E-state index contributed by atoms with van der Waals surface area (Å²) in [6.07, 6.45) is -4.18. The number of rotatable bonds is 2. The van der Waals surface area contributed by atoms with E-state index in [1.165, 1.54) is 6.07 Å². The van der Waals surface area contributed by atoms with E-state index in [9.17, 15) is 22.7 Å². The average Bonchev–Trinajstić information content (AvgIpc) is 2.31. The Morgan fingerprint density at radius 2 is 1.74 bits per heavy atom. The molecule has 5 heteroatoms. The van der Waals surface area contributed by atoms with Crippen LogP contribution in [0.5, 0.6) is 0 Å². The third kappa shape index (κ3) is 3.47. The van der Waals surface area contributed by atoms with E-state index in [1.807, 2.05) is 0 Å². The molecule has 1 aromatic rings. The Hall–Kier alpha value is -1.10. The van der Waals surface area contributed by atoms with Crippen LogP contribution in [0.4, 0.5) is 17.6 Å². The molecular weight excluding hydrogens is 260 g/mol. The third-order valence-corrected chi connectivity index (χ3v) is 3.86. The second-order valence-corrected chi connectivity index (χ2v) is 5.31. The van der Waals surface area contributed by atoms with E-state index in [0.29, 0.717) is 5.56 Å². The molecule has 0 aromatic heterocycles. The van der Waals surface area contributed by atoms with Crippen LogP contribution >= 0.6 is 0 Å². The van der Waals surface area contributed by atoms with Gasteiger partial charge in [-0.05, 0) is 37.3 Å². The van der Waals surface area contributed by atoms with Crippen molar-refractivity contribution in [3.63, 3.8) is 0 Å². The first-order valence-electron chi connectivity index (χ1n) is 6.33. The molecule has 0 radical (unpaired) electrons. The second-order valence-electron chi connectivity index (χ2n) is 5.31. The van der Waals surface area contributed by atoms with E-state index in [1.54, 1.807) is 18.2 Å². The number of aliphatic hydroxyl groups is 1.